The average molecular weight is 243 g/mol. The summed E-state index contributed by atoms with van der Waals surface area (Å²) in [6, 6.07) is 1.15. The van der Waals surface area contributed by atoms with Crippen molar-refractivity contribution < 1.29 is 16.3 Å². The minimum absolute atomic E-state index is 0.174. The van der Waals surface area contributed by atoms with Gasteiger partial charge in [0, 0.05) is 13.6 Å². The first kappa shape index (κ1) is 10.7. The zero-order valence-corrected chi connectivity index (χ0v) is 8.94. The van der Waals surface area contributed by atoms with Gasteiger partial charge in [0.1, 0.15) is 6.23 Å². The number of aromatic amines is 1. The molecule has 1 aromatic heterocycles. The highest BCUT2D eigenvalue weighted by Gasteiger charge is 2.42. The van der Waals surface area contributed by atoms with Gasteiger partial charge >= 0.3 is 5.69 Å². The van der Waals surface area contributed by atoms with E-state index in [4.69, 9.17) is 6.11 Å². The van der Waals surface area contributed by atoms with E-state index in [1.807, 2.05) is 0 Å². The summed E-state index contributed by atoms with van der Waals surface area (Å²) in [7, 11) is 0. The van der Waals surface area contributed by atoms with Gasteiger partial charge in [-0.05, 0) is 6.90 Å². The van der Waals surface area contributed by atoms with Crippen LogP contribution in [0.25, 0.3) is 0 Å². The Morgan fingerprint density at radius 3 is 3.00 bits per heavy atom. The van der Waals surface area contributed by atoms with Crippen LogP contribution in [0.1, 0.15) is 14.5 Å². The molecule has 1 unspecified atom stereocenters. The molecule has 1 aliphatic heterocycles. The van der Waals surface area contributed by atoms with Gasteiger partial charge in [0.25, 0.3) is 5.56 Å². The molecule has 0 bridgehead atoms. The molecule has 1 aromatic rings. The van der Waals surface area contributed by atoms with Crippen LogP contribution in [0.4, 0.5) is 0 Å². The van der Waals surface area contributed by atoms with Crippen molar-refractivity contribution in [2.24, 2.45) is 5.92 Å². The summed E-state index contributed by atoms with van der Waals surface area (Å²) < 4.78 is 13.7. The number of aliphatic hydroxyl groups is 2. The first-order chi connectivity index (χ1) is 8.58. The predicted octanol–water partition coefficient (Wildman–Crippen LogP) is -1.58. The summed E-state index contributed by atoms with van der Waals surface area (Å²) in [5, 5.41) is 19.1. The van der Waals surface area contributed by atoms with E-state index >= 15 is 0 Å². The third-order valence-electron chi connectivity index (χ3n) is 2.84. The molecular weight excluding hydrogens is 228 g/mol. The molecule has 0 radical (unpaired) electrons. The molecule has 7 nitrogen and oxygen atoms in total. The Morgan fingerprint density at radius 2 is 2.41 bits per heavy atom. The van der Waals surface area contributed by atoms with E-state index in [-0.39, 0.29) is 13.5 Å². The van der Waals surface area contributed by atoms with Gasteiger partial charge in [0.05, 0.1) is 24.7 Å². The monoisotopic (exact) mass is 243 g/mol. The fraction of sp³-hybridized carbons (Fsp3) is 0.600. The van der Waals surface area contributed by atoms with E-state index in [0.717, 1.165) is 10.6 Å². The molecule has 0 aromatic carbocycles. The second-order valence-corrected chi connectivity index (χ2v) is 3.92. The molecule has 0 amide bonds. The summed E-state index contributed by atoms with van der Waals surface area (Å²) in [6.07, 6.45) is -1.42. The molecule has 17 heavy (non-hydrogen) atoms. The zero-order valence-electron chi connectivity index (χ0n) is 9.94. The van der Waals surface area contributed by atoms with E-state index in [9.17, 15) is 19.8 Å². The second-order valence-electron chi connectivity index (χ2n) is 3.92. The Hall–Kier alpha value is -1.44. The van der Waals surface area contributed by atoms with Gasteiger partial charge < -0.3 is 14.9 Å². The van der Waals surface area contributed by atoms with Crippen molar-refractivity contribution in [3.05, 3.63) is 33.1 Å². The Morgan fingerprint density at radius 1 is 1.65 bits per heavy atom. The molecule has 1 aliphatic rings. The van der Waals surface area contributed by atoms with Crippen LogP contribution in [0.5, 0.6) is 0 Å². The molecule has 3 N–H and O–H groups in total. The van der Waals surface area contributed by atoms with Crippen LogP contribution < -0.4 is 11.2 Å². The molecule has 1 fully saturated rings. The Bertz CT molecular complexity index is 527. The number of ether oxygens (including phenoxy) is 1. The molecule has 0 saturated carbocycles. The fourth-order valence-electron chi connectivity index (χ4n) is 1.90. The maximum atomic E-state index is 11.6. The molecular formula is C10H14N2O5. The average Bonchev–Trinajstić information content (AvgIpc) is 2.65. The predicted molar refractivity (Wildman–Crippen MR) is 57.5 cm³/mol. The highest BCUT2D eigenvalue weighted by Crippen LogP contribution is 2.33. The van der Waals surface area contributed by atoms with Crippen molar-refractivity contribution in [2.75, 3.05) is 6.61 Å². The van der Waals surface area contributed by atoms with Crippen LogP contribution in [0, 0.1) is 5.92 Å². The third-order valence-corrected chi connectivity index (χ3v) is 2.84. The lowest BCUT2D eigenvalue weighted by molar-refractivity contribution is -0.0197. The Kier molecular flexibility index (Phi) is 2.79. The minimum atomic E-state index is -1.02. The van der Waals surface area contributed by atoms with Gasteiger partial charge in [-0.3, -0.25) is 14.3 Å². The van der Waals surface area contributed by atoms with Crippen molar-refractivity contribution in [3.63, 3.8) is 0 Å². The van der Waals surface area contributed by atoms with Crippen LogP contribution >= 0.6 is 0 Å². The largest absolute Gasteiger partial charge is 0.396 e. The van der Waals surface area contributed by atoms with Crippen molar-refractivity contribution in [1.29, 1.82) is 0 Å². The lowest BCUT2D eigenvalue weighted by Crippen LogP contribution is -2.35. The number of aliphatic hydroxyl groups excluding tert-OH is 2. The standard InChI is InChI=1S/C10H14N2O5/c1-5-8(15)6(4-13)9(17-5)12-3-2-7(14)11-10(12)16/h2-3,5-6,8-9,13,15H,4H2,1H3,(H,11,14,16)/t5-,6-,8?,9-/m1/s1/i1D. The summed E-state index contributed by atoms with van der Waals surface area (Å²) in [5.74, 6) is -0.705. The van der Waals surface area contributed by atoms with Gasteiger partial charge in [-0.25, -0.2) is 4.79 Å². The summed E-state index contributed by atoms with van der Waals surface area (Å²) in [5.41, 5.74) is -1.21. The van der Waals surface area contributed by atoms with E-state index in [1.165, 1.54) is 6.20 Å². The van der Waals surface area contributed by atoms with E-state index in [1.54, 1.807) is 0 Å². The molecule has 94 valence electrons. The summed E-state index contributed by atoms with van der Waals surface area (Å²) >= 11 is 0. The second kappa shape index (κ2) is 4.44. The number of hydrogen-bond donors (Lipinski definition) is 3. The smallest absolute Gasteiger partial charge is 0.330 e. The number of hydrogen-bond acceptors (Lipinski definition) is 5. The van der Waals surface area contributed by atoms with Crippen molar-refractivity contribution in [2.45, 2.75) is 25.3 Å². The SMILES string of the molecule is [2H]C[C@H]1O[C@@H](n2ccc(=O)[nH]c2=O)[C@H](CO)C1O. The molecule has 4 atom stereocenters. The number of rotatable bonds is 2. The molecule has 0 aliphatic carbocycles. The van der Waals surface area contributed by atoms with E-state index in [2.05, 4.69) is 4.98 Å². The quantitative estimate of drug-likeness (QED) is 0.581. The maximum absolute atomic E-state index is 11.6. The van der Waals surface area contributed by atoms with Gasteiger partial charge in [-0.1, -0.05) is 0 Å². The number of nitrogens with zero attached hydrogens (tertiary/aromatic N) is 1. The lowest BCUT2D eigenvalue weighted by atomic mass is 10.0. The van der Waals surface area contributed by atoms with Gasteiger partial charge in [0.15, 0.2) is 0 Å². The highest BCUT2D eigenvalue weighted by molar-refractivity contribution is 4.91. The number of aromatic nitrogens is 2. The normalized spacial score (nSPS) is 33.6. The summed E-state index contributed by atoms with van der Waals surface area (Å²) in [6.45, 7) is -0.555. The first-order valence-corrected chi connectivity index (χ1v) is 5.13. The van der Waals surface area contributed by atoms with Crippen LogP contribution in [0.3, 0.4) is 0 Å². The zero-order chi connectivity index (χ0) is 13.3. The maximum Gasteiger partial charge on any atom is 0.330 e. The van der Waals surface area contributed by atoms with E-state index in [0.29, 0.717) is 0 Å². The van der Waals surface area contributed by atoms with Gasteiger partial charge in [0.2, 0.25) is 0 Å². The third kappa shape index (κ3) is 2.04. The minimum Gasteiger partial charge on any atom is -0.396 e. The van der Waals surface area contributed by atoms with Crippen LogP contribution in [-0.4, -0.2) is 38.6 Å². The molecule has 2 rings (SSSR count). The van der Waals surface area contributed by atoms with Crippen LogP contribution in [0.15, 0.2) is 21.9 Å². The first-order valence-electron chi connectivity index (χ1n) is 5.84. The molecule has 2 heterocycles. The topological polar surface area (TPSA) is 105 Å². The summed E-state index contributed by atoms with van der Waals surface area (Å²) in [4.78, 5) is 24.6. The fourth-order valence-corrected chi connectivity index (χ4v) is 1.90. The Labute approximate surface area is 97.7 Å². The lowest BCUT2D eigenvalue weighted by Gasteiger charge is -2.19. The van der Waals surface area contributed by atoms with E-state index < -0.39 is 35.6 Å². The van der Waals surface area contributed by atoms with Crippen LogP contribution in [-0.2, 0) is 4.74 Å². The number of nitrogens with one attached hydrogen (secondary N) is 1. The molecule has 0 spiro atoms. The molecule has 7 heteroatoms. The van der Waals surface area contributed by atoms with Crippen molar-refractivity contribution in [1.82, 2.24) is 9.55 Å². The van der Waals surface area contributed by atoms with Crippen LogP contribution in [0.2, 0.25) is 0 Å². The van der Waals surface area contributed by atoms with Gasteiger partial charge in [-0.2, -0.15) is 0 Å². The van der Waals surface area contributed by atoms with Crippen molar-refractivity contribution >= 4 is 0 Å². The van der Waals surface area contributed by atoms with Gasteiger partial charge in [-0.15, -0.1) is 0 Å². The number of H-pyrrole nitrogens is 1. The van der Waals surface area contributed by atoms with Crippen molar-refractivity contribution in [3.8, 4) is 0 Å². The molecule has 1 saturated heterocycles. The highest BCUT2D eigenvalue weighted by atomic mass is 16.5. The Balaban J connectivity index is 2.38.